The van der Waals surface area contributed by atoms with Crippen molar-refractivity contribution in [2.45, 2.75) is 38.6 Å². The summed E-state index contributed by atoms with van der Waals surface area (Å²) in [6.45, 7) is 2.20. The van der Waals surface area contributed by atoms with Crippen molar-refractivity contribution in [2.24, 2.45) is 5.92 Å². The molecule has 1 fully saturated rings. The first kappa shape index (κ1) is 12.4. The van der Waals surface area contributed by atoms with Gasteiger partial charge in [0.2, 0.25) is 0 Å². The van der Waals surface area contributed by atoms with Gasteiger partial charge in [0, 0.05) is 17.8 Å². The Balaban J connectivity index is 2.01. The Labute approximate surface area is 107 Å². The molecule has 2 unspecified atom stereocenters. The fourth-order valence-corrected chi connectivity index (χ4v) is 2.50. The summed E-state index contributed by atoms with van der Waals surface area (Å²) < 4.78 is 0. The minimum Gasteiger partial charge on any atom is -0.349 e. The van der Waals surface area contributed by atoms with Gasteiger partial charge in [-0.2, -0.15) is 0 Å². The molecule has 1 heterocycles. The molecule has 0 bridgehead atoms. The molecule has 0 radical (unpaired) electrons. The maximum atomic E-state index is 12.0. The fourth-order valence-electron chi connectivity index (χ4n) is 2.33. The van der Waals surface area contributed by atoms with Gasteiger partial charge in [0.15, 0.2) is 0 Å². The zero-order chi connectivity index (χ0) is 12.3. The van der Waals surface area contributed by atoms with Crippen LogP contribution in [0.25, 0.3) is 0 Å². The van der Waals surface area contributed by atoms with Crippen molar-refractivity contribution in [1.82, 2.24) is 10.3 Å². The largest absolute Gasteiger partial charge is 0.349 e. The highest BCUT2D eigenvalue weighted by atomic mass is 35.5. The standard InChI is InChI=1S/C13H17ClN2O/c1-9-4-2-3-5-11(9)16-13(17)10-6-7-15-12(14)8-10/h6-9,11H,2-5H2,1H3,(H,16,17). The number of aromatic nitrogens is 1. The molecular formula is C13H17ClN2O. The van der Waals surface area contributed by atoms with Gasteiger partial charge in [0.1, 0.15) is 5.15 Å². The second-order valence-corrected chi connectivity index (χ2v) is 5.10. The van der Waals surface area contributed by atoms with Gasteiger partial charge >= 0.3 is 0 Å². The molecule has 1 aliphatic rings. The van der Waals surface area contributed by atoms with Crippen molar-refractivity contribution in [3.05, 3.63) is 29.0 Å². The first-order chi connectivity index (χ1) is 8.16. The monoisotopic (exact) mass is 252 g/mol. The fraction of sp³-hybridized carbons (Fsp3) is 0.538. The summed E-state index contributed by atoms with van der Waals surface area (Å²) in [5.41, 5.74) is 0.586. The number of hydrogen-bond donors (Lipinski definition) is 1. The van der Waals surface area contributed by atoms with Crippen LogP contribution in [0.3, 0.4) is 0 Å². The topological polar surface area (TPSA) is 42.0 Å². The predicted octanol–water partition coefficient (Wildman–Crippen LogP) is 3.04. The molecule has 1 saturated carbocycles. The van der Waals surface area contributed by atoms with E-state index in [9.17, 15) is 4.79 Å². The Morgan fingerprint density at radius 2 is 2.24 bits per heavy atom. The van der Waals surface area contributed by atoms with Gasteiger partial charge in [0.25, 0.3) is 5.91 Å². The van der Waals surface area contributed by atoms with Crippen LogP contribution in [0.2, 0.25) is 5.15 Å². The van der Waals surface area contributed by atoms with E-state index in [1.54, 1.807) is 18.3 Å². The van der Waals surface area contributed by atoms with Gasteiger partial charge in [-0.3, -0.25) is 4.79 Å². The van der Waals surface area contributed by atoms with Gasteiger partial charge in [-0.1, -0.05) is 31.4 Å². The van der Waals surface area contributed by atoms with Crippen LogP contribution in [0.4, 0.5) is 0 Å². The molecule has 0 saturated heterocycles. The summed E-state index contributed by atoms with van der Waals surface area (Å²) >= 11 is 5.77. The average Bonchev–Trinajstić information content (AvgIpc) is 2.32. The number of rotatable bonds is 2. The Kier molecular flexibility index (Phi) is 4.00. The van der Waals surface area contributed by atoms with Gasteiger partial charge in [0.05, 0.1) is 0 Å². The van der Waals surface area contributed by atoms with E-state index in [4.69, 9.17) is 11.6 Å². The minimum atomic E-state index is -0.0481. The van der Waals surface area contributed by atoms with Crippen LogP contribution in [0, 0.1) is 5.92 Å². The smallest absolute Gasteiger partial charge is 0.251 e. The number of carbonyl (C=O) groups is 1. The van der Waals surface area contributed by atoms with E-state index in [1.165, 1.54) is 19.3 Å². The lowest BCUT2D eigenvalue weighted by molar-refractivity contribution is 0.0910. The van der Waals surface area contributed by atoms with Crippen molar-refractivity contribution in [2.75, 3.05) is 0 Å². The molecule has 0 spiro atoms. The summed E-state index contributed by atoms with van der Waals surface area (Å²) in [7, 11) is 0. The first-order valence-corrected chi connectivity index (χ1v) is 6.47. The van der Waals surface area contributed by atoms with Crippen LogP contribution >= 0.6 is 11.6 Å². The normalized spacial score (nSPS) is 24.4. The molecule has 0 aliphatic heterocycles. The molecule has 2 atom stereocenters. The van der Waals surface area contributed by atoms with Crippen LogP contribution in [-0.4, -0.2) is 16.9 Å². The SMILES string of the molecule is CC1CCCCC1NC(=O)c1ccnc(Cl)c1. The minimum absolute atomic E-state index is 0.0481. The summed E-state index contributed by atoms with van der Waals surface area (Å²) in [6.07, 6.45) is 6.30. The predicted molar refractivity (Wildman–Crippen MR) is 68.1 cm³/mol. The highest BCUT2D eigenvalue weighted by Crippen LogP contribution is 2.24. The molecule has 4 heteroatoms. The number of halogens is 1. The van der Waals surface area contributed by atoms with Crippen LogP contribution < -0.4 is 5.32 Å². The summed E-state index contributed by atoms with van der Waals surface area (Å²) in [5, 5.41) is 3.44. The maximum Gasteiger partial charge on any atom is 0.251 e. The highest BCUT2D eigenvalue weighted by molar-refractivity contribution is 6.29. The number of nitrogens with one attached hydrogen (secondary N) is 1. The van der Waals surface area contributed by atoms with Crippen molar-refractivity contribution in [3.63, 3.8) is 0 Å². The molecule has 92 valence electrons. The van der Waals surface area contributed by atoms with Crippen molar-refractivity contribution in [1.29, 1.82) is 0 Å². The van der Waals surface area contributed by atoms with E-state index in [2.05, 4.69) is 17.2 Å². The van der Waals surface area contributed by atoms with Gasteiger partial charge in [-0.15, -0.1) is 0 Å². The summed E-state index contributed by atoms with van der Waals surface area (Å²) in [6, 6.07) is 3.59. The van der Waals surface area contributed by atoms with E-state index in [1.807, 2.05) is 0 Å². The Bertz CT molecular complexity index is 408. The molecule has 1 aliphatic carbocycles. The van der Waals surface area contributed by atoms with E-state index < -0.39 is 0 Å². The number of hydrogen-bond acceptors (Lipinski definition) is 2. The molecule has 17 heavy (non-hydrogen) atoms. The summed E-state index contributed by atoms with van der Waals surface area (Å²) in [4.78, 5) is 15.9. The van der Waals surface area contributed by atoms with Crippen LogP contribution in [-0.2, 0) is 0 Å². The van der Waals surface area contributed by atoms with Crippen molar-refractivity contribution in [3.8, 4) is 0 Å². The third kappa shape index (κ3) is 3.19. The Hall–Kier alpha value is -1.09. The van der Waals surface area contributed by atoms with Gasteiger partial charge < -0.3 is 5.32 Å². The molecular weight excluding hydrogens is 236 g/mol. The molecule has 3 nitrogen and oxygen atoms in total. The second-order valence-electron chi connectivity index (χ2n) is 4.71. The van der Waals surface area contributed by atoms with Crippen LogP contribution in [0.15, 0.2) is 18.3 Å². The number of carbonyl (C=O) groups excluding carboxylic acids is 1. The van der Waals surface area contributed by atoms with Crippen molar-refractivity contribution < 1.29 is 4.79 Å². The maximum absolute atomic E-state index is 12.0. The quantitative estimate of drug-likeness (QED) is 0.822. The third-order valence-corrected chi connectivity index (χ3v) is 3.62. The lowest BCUT2D eigenvalue weighted by Crippen LogP contribution is -2.41. The lowest BCUT2D eigenvalue weighted by atomic mass is 9.86. The zero-order valence-electron chi connectivity index (χ0n) is 9.95. The molecule has 1 amide bonds. The second kappa shape index (κ2) is 5.50. The van der Waals surface area contributed by atoms with Gasteiger partial charge in [-0.05, 0) is 30.9 Å². The number of nitrogens with zero attached hydrogens (tertiary/aromatic N) is 1. The molecule has 1 aromatic heterocycles. The molecule has 1 N–H and O–H groups in total. The first-order valence-electron chi connectivity index (χ1n) is 6.09. The van der Waals surface area contributed by atoms with E-state index in [0.717, 1.165) is 6.42 Å². The van der Waals surface area contributed by atoms with Crippen molar-refractivity contribution >= 4 is 17.5 Å². The Morgan fingerprint density at radius 1 is 1.47 bits per heavy atom. The van der Waals surface area contributed by atoms with Crippen LogP contribution in [0.5, 0.6) is 0 Å². The number of pyridine rings is 1. The van der Waals surface area contributed by atoms with E-state index >= 15 is 0 Å². The average molecular weight is 253 g/mol. The molecule has 2 rings (SSSR count). The van der Waals surface area contributed by atoms with E-state index in [0.29, 0.717) is 22.7 Å². The third-order valence-electron chi connectivity index (χ3n) is 3.42. The zero-order valence-corrected chi connectivity index (χ0v) is 10.7. The molecule has 0 aromatic carbocycles. The lowest BCUT2D eigenvalue weighted by Gasteiger charge is -2.29. The van der Waals surface area contributed by atoms with Gasteiger partial charge in [-0.25, -0.2) is 4.98 Å². The van der Waals surface area contributed by atoms with E-state index in [-0.39, 0.29) is 5.91 Å². The highest BCUT2D eigenvalue weighted by Gasteiger charge is 2.23. The number of amides is 1. The van der Waals surface area contributed by atoms with Crippen LogP contribution in [0.1, 0.15) is 43.0 Å². The Morgan fingerprint density at radius 3 is 2.94 bits per heavy atom. The molecule has 1 aromatic rings. The summed E-state index contributed by atoms with van der Waals surface area (Å²) in [5.74, 6) is 0.512.